The molecular formula is C23H48N3+. The van der Waals surface area contributed by atoms with E-state index < -0.39 is 0 Å². The highest BCUT2D eigenvalue weighted by atomic mass is 15.2. The number of hydrogen-bond acceptors (Lipinski definition) is 2. The monoisotopic (exact) mass is 366 g/mol. The minimum Gasteiger partial charge on any atom is -0.356 e. The molecule has 1 heterocycles. The van der Waals surface area contributed by atoms with E-state index in [9.17, 15) is 0 Å². The molecule has 0 fully saturated rings. The van der Waals surface area contributed by atoms with E-state index >= 15 is 0 Å². The Morgan fingerprint density at radius 2 is 1.19 bits per heavy atom. The van der Waals surface area contributed by atoms with Gasteiger partial charge in [-0.15, -0.1) is 0 Å². The van der Waals surface area contributed by atoms with E-state index in [0.29, 0.717) is 0 Å². The second-order valence-electron chi connectivity index (χ2n) is 8.19. The summed E-state index contributed by atoms with van der Waals surface area (Å²) in [6.45, 7) is 6.53. The molecule has 154 valence electrons. The van der Waals surface area contributed by atoms with Crippen LogP contribution in [0.4, 0.5) is 0 Å². The Hall–Kier alpha value is -0.570. The van der Waals surface area contributed by atoms with Crippen LogP contribution in [-0.2, 0) is 0 Å². The van der Waals surface area contributed by atoms with E-state index in [4.69, 9.17) is 0 Å². The second kappa shape index (κ2) is 17.8. The van der Waals surface area contributed by atoms with Crippen LogP contribution in [-0.4, -0.2) is 36.9 Å². The average Bonchev–Trinajstić information content (AvgIpc) is 3.09. The highest BCUT2D eigenvalue weighted by Gasteiger charge is 2.15. The second-order valence-corrected chi connectivity index (χ2v) is 8.19. The molecule has 0 unspecified atom stereocenters. The van der Waals surface area contributed by atoms with Crippen LogP contribution in [0.2, 0.25) is 0 Å². The molecule has 0 bridgehead atoms. The van der Waals surface area contributed by atoms with Gasteiger partial charge < -0.3 is 10.6 Å². The van der Waals surface area contributed by atoms with Gasteiger partial charge in [0.1, 0.15) is 0 Å². The Morgan fingerprint density at radius 3 is 1.65 bits per heavy atom. The van der Waals surface area contributed by atoms with Crippen molar-refractivity contribution in [3.8, 4) is 0 Å². The molecule has 0 amide bonds. The van der Waals surface area contributed by atoms with Crippen molar-refractivity contribution >= 4 is 5.84 Å². The van der Waals surface area contributed by atoms with Crippen molar-refractivity contribution in [1.29, 1.82) is 0 Å². The molecule has 0 aromatic carbocycles. The number of aliphatic imine (C=N–C) groups is 1. The number of amidine groups is 1. The van der Waals surface area contributed by atoms with Gasteiger partial charge in [-0.3, -0.25) is 4.99 Å². The number of quaternary nitrogens is 1. The highest BCUT2D eigenvalue weighted by molar-refractivity contribution is 5.83. The largest absolute Gasteiger partial charge is 0.356 e. The third-order valence-corrected chi connectivity index (χ3v) is 5.71. The molecule has 26 heavy (non-hydrogen) atoms. The van der Waals surface area contributed by atoms with Gasteiger partial charge in [-0.25, -0.2) is 0 Å². The van der Waals surface area contributed by atoms with Gasteiger partial charge in [0.05, 0.1) is 25.5 Å². The summed E-state index contributed by atoms with van der Waals surface area (Å²) in [5.74, 6) is 1.36. The molecule has 3 nitrogen and oxygen atoms in total. The van der Waals surface area contributed by atoms with E-state index in [1.165, 1.54) is 115 Å². The van der Waals surface area contributed by atoms with Crippen LogP contribution < -0.4 is 5.73 Å². The van der Waals surface area contributed by atoms with Gasteiger partial charge in [0.15, 0.2) is 0 Å². The molecule has 1 rings (SSSR count). The van der Waals surface area contributed by atoms with Crippen LogP contribution in [0.25, 0.3) is 0 Å². The Kier molecular flexibility index (Phi) is 16.1. The first-order valence-corrected chi connectivity index (χ1v) is 12.0. The van der Waals surface area contributed by atoms with E-state index in [1.54, 1.807) is 0 Å². The maximum atomic E-state index is 4.66. The lowest BCUT2D eigenvalue weighted by atomic mass is 10.0. The first-order chi connectivity index (χ1) is 12.9. The van der Waals surface area contributed by atoms with E-state index in [2.05, 4.69) is 22.5 Å². The predicted octanol–water partition coefficient (Wildman–Crippen LogP) is 5.59. The van der Waals surface area contributed by atoms with Crippen LogP contribution in [0.5, 0.6) is 0 Å². The number of hydrogen-bond donors (Lipinski definition) is 1. The van der Waals surface area contributed by atoms with Crippen molar-refractivity contribution in [2.45, 2.75) is 116 Å². The molecule has 1 aliphatic rings. The Balaban J connectivity index is 1.75. The molecule has 0 aromatic heterocycles. The Bertz CT molecular complexity index is 327. The minimum atomic E-state index is 0.998. The fourth-order valence-corrected chi connectivity index (χ4v) is 4.03. The quantitative estimate of drug-likeness (QED) is 0.297. The zero-order valence-corrected chi connectivity index (χ0v) is 18.0. The summed E-state index contributed by atoms with van der Waals surface area (Å²) in [6, 6.07) is 0. The molecule has 0 atom stereocenters. The molecule has 0 saturated carbocycles. The average molecular weight is 367 g/mol. The van der Waals surface area contributed by atoms with Crippen molar-refractivity contribution in [1.82, 2.24) is 4.90 Å². The van der Waals surface area contributed by atoms with Crippen LogP contribution >= 0.6 is 0 Å². The van der Waals surface area contributed by atoms with Crippen molar-refractivity contribution in [3.63, 3.8) is 0 Å². The van der Waals surface area contributed by atoms with Gasteiger partial charge in [0, 0.05) is 13.0 Å². The van der Waals surface area contributed by atoms with Gasteiger partial charge in [0.2, 0.25) is 0 Å². The van der Waals surface area contributed by atoms with Crippen molar-refractivity contribution in [2.75, 3.05) is 26.2 Å². The van der Waals surface area contributed by atoms with Crippen LogP contribution in [0, 0.1) is 0 Å². The SMILES string of the molecule is CCCCCCCCCCCCCCCCCCC1=NCCN1CC[NH3+]. The first-order valence-electron chi connectivity index (χ1n) is 12.0. The Labute approximate surface area is 164 Å². The zero-order chi connectivity index (χ0) is 18.7. The summed E-state index contributed by atoms with van der Waals surface area (Å²) in [5.41, 5.74) is 3.97. The molecule has 0 spiro atoms. The maximum absolute atomic E-state index is 4.66. The molecule has 3 heteroatoms. The lowest BCUT2D eigenvalue weighted by molar-refractivity contribution is -0.367. The normalized spacial score (nSPS) is 14.2. The molecule has 0 aromatic rings. The van der Waals surface area contributed by atoms with Crippen LogP contribution in [0.3, 0.4) is 0 Å². The topological polar surface area (TPSA) is 43.2 Å². The van der Waals surface area contributed by atoms with E-state index in [1.807, 2.05) is 0 Å². The van der Waals surface area contributed by atoms with Crippen molar-refractivity contribution in [3.05, 3.63) is 0 Å². The van der Waals surface area contributed by atoms with Gasteiger partial charge in [-0.05, 0) is 6.42 Å². The summed E-state index contributed by atoms with van der Waals surface area (Å²) >= 11 is 0. The Morgan fingerprint density at radius 1 is 0.731 bits per heavy atom. The summed E-state index contributed by atoms with van der Waals surface area (Å²) in [4.78, 5) is 7.10. The summed E-state index contributed by atoms with van der Waals surface area (Å²) in [7, 11) is 0. The fraction of sp³-hybridized carbons (Fsp3) is 0.957. The molecule has 1 aliphatic heterocycles. The van der Waals surface area contributed by atoms with E-state index in [-0.39, 0.29) is 0 Å². The van der Waals surface area contributed by atoms with Gasteiger partial charge in [0.25, 0.3) is 0 Å². The molecule has 0 aliphatic carbocycles. The number of nitrogens with zero attached hydrogens (tertiary/aromatic N) is 2. The fourth-order valence-electron chi connectivity index (χ4n) is 4.03. The number of rotatable bonds is 19. The molecule has 0 saturated heterocycles. The zero-order valence-electron chi connectivity index (χ0n) is 18.0. The van der Waals surface area contributed by atoms with Crippen molar-refractivity contribution < 1.29 is 5.73 Å². The lowest BCUT2D eigenvalue weighted by Crippen LogP contribution is -2.55. The van der Waals surface area contributed by atoms with Gasteiger partial charge in [-0.2, -0.15) is 0 Å². The van der Waals surface area contributed by atoms with Crippen molar-refractivity contribution in [2.24, 2.45) is 4.99 Å². The standard InChI is InChI=1S/C23H47N3/c1-2-3-4-5-6-7-8-9-10-11-12-13-14-15-16-17-18-23-25-20-22-26(23)21-19-24/h2-22,24H2,1H3/p+1. The maximum Gasteiger partial charge on any atom is 0.0992 e. The van der Waals surface area contributed by atoms with Crippen LogP contribution in [0.15, 0.2) is 4.99 Å². The minimum absolute atomic E-state index is 0.998. The summed E-state index contributed by atoms with van der Waals surface area (Å²) < 4.78 is 0. The first kappa shape index (κ1) is 23.5. The highest BCUT2D eigenvalue weighted by Crippen LogP contribution is 2.15. The van der Waals surface area contributed by atoms with E-state index in [0.717, 1.165) is 26.2 Å². The number of unbranched alkanes of at least 4 members (excludes halogenated alkanes) is 15. The molecule has 3 N–H and O–H groups in total. The lowest BCUT2D eigenvalue weighted by Gasteiger charge is -2.18. The smallest absolute Gasteiger partial charge is 0.0992 e. The van der Waals surface area contributed by atoms with Gasteiger partial charge >= 0.3 is 0 Å². The third kappa shape index (κ3) is 12.7. The summed E-state index contributed by atoms with van der Waals surface area (Å²) in [5, 5.41) is 0. The predicted molar refractivity (Wildman–Crippen MR) is 116 cm³/mol. The van der Waals surface area contributed by atoms with Crippen LogP contribution in [0.1, 0.15) is 116 Å². The molecule has 0 radical (unpaired) electrons. The third-order valence-electron chi connectivity index (χ3n) is 5.71. The summed E-state index contributed by atoms with van der Waals surface area (Å²) in [6.07, 6.45) is 24.2. The van der Waals surface area contributed by atoms with Gasteiger partial charge in [-0.1, -0.05) is 103 Å². The molecular weight excluding hydrogens is 318 g/mol.